The predicted molar refractivity (Wildman–Crippen MR) is 53.8 cm³/mol. The summed E-state index contributed by atoms with van der Waals surface area (Å²) < 4.78 is 2.30. The molecule has 14 heavy (non-hydrogen) atoms. The Morgan fingerprint density at radius 1 is 1.43 bits per heavy atom. The summed E-state index contributed by atoms with van der Waals surface area (Å²) in [6, 6.07) is 7.52. The van der Waals surface area contributed by atoms with Crippen LogP contribution in [-0.2, 0) is 0 Å². The molecule has 0 bridgehead atoms. The van der Waals surface area contributed by atoms with Gasteiger partial charge in [0.05, 0.1) is 18.0 Å². The fourth-order valence-corrected chi connectivity index (χ4v) is 1.37. The molecule has 0 aromatic carbocycles. The first-order valence-electron chi connectivity index (χ1n) is 3.87. The summed E-state index contributed by atoms with van der Waals surface area (Å²) in [5.41, 5.74) is 0.520. The van der Waals surface area contributed by atoms with Crippen LogP contribution in [0.15, 0.2) is 35.2 Å². The van der Waals surface area contributed by atoms with Crippen LogP contribution >= 0.6 is 15.9 Å². The van der Waals surface area contributed by atoms with Crippen LogP contribution in [-0.4, -0.2) is 14.8 Å². The Morgan fingerprint density at radius 3 is 2.93 bits per heavy atom. The molecule has 0 atom stereocenters. The molecule has 0 aliphatic heterocycles. The minimum Gasteiger partial charge on any atom is -0.222 e. The quantitative estimate of drug-likeness (QED) is 0.725. The maximum Gasteiger partial charge on any atom is 0.154 e. The van der Waals surface area contributed by atoms with Crippen LogP contribution in [0.5, 0.6) is 0 Å². The molecule has 2 aromatic rings. The predicted octanol–water partition coefficient (Wildman–Crippen LogP) is 1.90. The van der Waals surface area contributed by atoms with E-state index < -0.39 is 0 Å². The normalized spacial score (nSPS) is 9.71. The topological polar surface area (TPSA) is 54.5 Å². The van der Waals surface area contributed by atoms with Crippen molar-refractivity contribution >= 4 is 15.9 Å². The molecule has 2 heterocycles. The average Bonchev–Trinajstić information content (AvgIpc) is 2.66. The van der Waals surface area contributed by atoms with E-state index in [2.05, 4.69) is 26.0 Å². The molecule has 0 radical (unpaired) electrons. The SMILES string of the molecule is N#Cc1cnn(-c2cccc(Br)n2)c1. The monoisotopic (exact) mass is 248 g/mol. The third-order valence-electron chi connectivity index (χ3n) is 1.65. The van der Waals surface area contributed by atoms with Crippen LogP contribution in [0.2, 0.25) is 0 Å². The molecular formula is C9H5BrN4. The number of nitrogens with zero attached hydrogens (tertiary/aromatic N) is 4. The zero-order valence-corrected chi connectivity index (χ0v) is 8.64. The van der Waals surface area contributed by atoms with E-state index in [9.17, 15) is 0 Å². The van der Waals surface area contributed by atoms with E-state index in [1.165, 1.54) is 6.20 Å². The van der Waals surface area contributed by atoms with Crippen LogP contribution in [0.4, 0.5) is 0 Å². The van der Waals surface area contributed by atoms with Gasteiger partial charge in [-0.05, 0) is 28.1 Å². The molecule has 0 saturated carbocycles. The highest BCUT2D eigenvalue weighted by atomic mass is 79.9. The van der Waals surface area contributed by atoms with Gasteiger partial charge in [0, 0.05) is 0 Å². The Labute approximate surface area is 88.9 Å². The Kier molecular flexibility index (Phi) is 2.29. The van der Waals surface area contributed by atoms with Gasteiger partial charge in [-0.2, -0.15) is 10.4 Å². The zero-order valence-electron chi connectivity index (χ0n) is 7.05. The van der Waals surface area contributed by atoms with Gasteiger partial charge < -0.3 is 0 Å². The first-order chi connectivity index (χ1) is 6.79. The summed E-state index contributed by atoms with van der Waals surface area (Å²) in [7, 11) is 0. The van der Waals surface area contributed by atoms with Gasteiger partial charge in [0.15, 0.2) is 5.82 Å². The van der Waals surface area contributed by atoms with E-state index >= 15 is 0 Å². The smallest absolute Gasteiger partial charge is 0.154 e. The molecule has 0 aliphatic rings. The summed E-state index contributed by atoms with van der Waals surface area (Å²) >= 11 is 3.27. The molecule has 2 aromatic heterocycles. The number of hydrogen-bond donors (Lipinski definition) is 0. The third kappa shape index (κ3) is 1.65. The van der Waals surface area contributed by atoms with E-state index in [-0.39, 0.29) is 0 Å². The van der Waals surface area contributed by atoms with Crippen molar-refractivity contribution in [2.24, 2.45) is 0 Å². The highest BCUT2D eigenvalue weighted by Crippen LogP contribution is 2.10. The molecule has 0 aliphatic carbocycles. The minimum atomic E-state index is 0.520. The second-order valence-corrected chi connectivity index (χ2v) is 3.42. The van der Waals surface area contributed by atoms with Crippen LogP contribution < -0.4 is 0 Å². The number of pyridine rings is 1. The molecule has 0 saturated heterocycles. The van der Waals surface area contributed by atoms with Crippen molar-refractivity contribution in [3.05, 3.63) is 40.8 Å². The number of hydrogen-bond acceptors (Lipinski definition) is 3. The molecule has 0 spiro atoms. The number of halogens is 1. The van der Waals surface area contributed by atoms with Crippen molar-refractivity contribution in [2.45, 2.75) is 0 Å². The van der Waals surface area contributed by atoms with Crippen LogP contribution in [0.1, 0.15) is 5.56 Å². The fraction of sp³-hybridized carbons (Fsp3) is 0. The molecule has 0 N–H and O–H groups in total. The lowest BCUT2D eigenvalue weighted by Crippen LogP contribution is -1.97. The van der Waals surface area contributed by atoms with Gasteiger partial charge in [-0.3, -0.25) is 0 Å². The second kappa shape index (κ2) is 3.60. The standard InChI is InChI=1S/C9H5BrN4/c10-8-2-1-3-9(13-8)14-6-7(4-11)5-12-14/h1-3,5-6H. The average molecular weight is 249 g/mol. The maximum atomic E-state index is 8.62. The van der Waals surface area contributed by atoms with Gasteiger partial charge in [0.25, 0.3) is 0 Å². The van der Waals surface area contributed by atoms with Gasteiger partial charge >= 0.3 is 0 Å². The van der Waals surface area contributed by atoms with Crippen molar-refractivity contribution in [3.8, 4) is 11.9 Å². The van der Waals surface area contributed by atoms with Crippen molar-refractivity contribution in [3.63, 3.8) is 0 Å². The first kappa shape index (κ1) is 8.91. The van der Waals surface area contributed by atoms with E-state index in [0.717, 1.165) is 4.60 Å². The Hall–Kier alpha value is -1.67. The van der Waals surface area contributed by atoms with Crippen molar-refractivity contribution < 1.29 is 0 Å². The van der Waals surface area contributed by atoms with Gasteiger partial charge in [0.2, 0.25) is 0 Å². The maximum absolute atomic E-state index is 8.62. The number of aromatic nitrogens is 3. The summed E-state index contributed by atoms with van der Waals surface area (Å²) in [5, 5.41) is 12.6. The van der Waals surface area contributed by atoms with Crippen molar-refractivity contribution in [1.29, 1.82) is 5.26 Å². The van der Waals surface area contributed by atoms with Gasteiger partial charge in [-0.25, -0.2) is 9.67 Å². The number of rotatable bonds is 1. The van der Waals surface area contributed by atoms with Crippen LogP contribution in [0.3, 0.4) is 0 Å². The Balaban J connectivity index is 2.45. The molecule has 0 amide bonds. The van der Waals surface area contributed by atoms with Gasteiger partial charge in [0.1, 0.15) is 10.7 Å². The van der Waals surface area contributed by atoms with Crippen molar-refractivity contribution in [2.75, 3.05) is 0 Å². The highest BCUT2D eigenvalue weighted by molar-refractivity contribution is 9.10. The minimum absolute atomic E-state index is 0.520. The highest BCUT2D eigenvalue weighted by Gasteiger charge is 2.01. The Morgan fingerprint density at radius 2 is 2.29 bits per heavy atom. The van der Waals surface area contributed by atoms with E-state index in [1.807, 2.05) is 24.3 Å². The third-order valence-corrected chi connectivity index (χ3v) is 2.09. The lowest BCUT2D eigenvalue weighted by molar-refractivity contribution is 0.843. The summed E-state index contributed by atoms with van der Waals surface area (Å²) in [6.45, 7) is 0. The molecule has 2 rings (SSSR count). The van der Waals surface area contributed by atoms with E-state index in [1.54, 1.807) is 10.9 Å². The molecule has 4 nitrogen and oxygen atoms in total. The number of nitriles is 1. The summed E-state index contributed by atoms with van der Waals surface area (Å²) in [5.74, 6) is 0.681. The van der Waals surface area contributed by atoms with E-state index in [0.29, 0.717) is 11.4 Å². The summed E-state index contributed by atoms with van der Waals surface area (Å²) in [4.78, 5) is 4.20. The molecule has 0 fully saturated rings. The zero-order chi connectivity index (χ0) is 9.97. The van der Waals surface area contributed by atoms with Gasteiger partial charge in [-0.15, -0.1) is 0 Å². The van der Waals surface area contributed by atoms with Crippen LogP contribution in [0.25, 0.3) is 5.82 Å². The molecule has 0 unspecified atom stereocenters. The molecule has 68 valence electrons. The second-order valence-electron chi connectivity index (χ2n) is 2.60. The van der Waals surface area contributed by atoms with Crippen LogP contribution in [0, 0.1) is 11.3 Å². The molecule has 5 heteroatoms. The summed E-state index contributed by atoms with van der Waals surface area (Å²) in [6.07, 6.45) is 3.14. The largest absolute Gasteiger partial charge is 0.222 e. The lowest BCUT2D eigenvalue weighted by Gasteiger charge is -1.98. The lowest BCUT2D eigenvalue weighted by atomic mass is 10.4. The first-order valence-corrected chi connectivity index (χ1v) is 4.66. The fourth-order valence-electron chi connectivity index (χ4n) is 1.03. The molecular weight excluding hydrogens is 244 g/mol. The van der Waals surface area contributed by atoms with E-state index in [4.69, 9.17) is 5.26 Å². The Bertz CT molecular complexity index is 498. The van der Waals surface area contributed by atoms with Gasteiger partial charge in [-0.1, -0.05) is 6.07 Å². The van der Waals surface area contributed by atoms with Crippen molar-refractivity contribution in [1.82, 2.24) is 14.8 Å².